The van der Waals surface area contributed by atoms with Gasteiger partial charge in [-0.25, -0.2) is 13.9 Å². The number of carboxylic acids is 1. The Kier molecular flexibility index (Phi) is 5.79. The molecule has 0 bridgehead atoms. The van der Waals surface area contributed by atoms with Crippen molar-refractivity contribution in [3.8, 4) is 11.1 Å². The SMILES string of the molecule is Cl.O=C(O)CCC(O)=c1c(=O)cc(-c2cc(F)cc(Cl)c2)c2ncnn12. The Hall–Kier alpha value is -2.71. The Morgan fingerprint density at radius 1 is 1.19 bits per heavy atom. The lowest BCUT2D eigenvalue weighted by atomic mass is 10.1. The Balaban J connectivity index is 0.00000243. The van der Waals surface area contributed by atoms with Crippen LogP contribution in [0.15, 0.2) is 35.4 Å². The van der Waals surface area contributed by atoms with Crippen LogP contribution in [0.4, 0.5) is 4.39 Å². The molecule has 0 spiro atoms. The zero-order valence-electron chi connectivity index (χ0n) is 13.0. The first-order valence-electron chi connectivity index (χ1n) is 7.14. The summed E-state index contributed by atoms with van der Waals surface area (Å²) in [6, 6.07) is 4.98. The van der Waals surface area contributed by atoms with Crippen LogP contribution in [0.1, 0.15) is 12.8 Å². The van der Waals surface area contributed by atoms with Crippen LogP contribution in [0.2, 0.25) is 5.02 Å². The van der Waals surface area contributed by atoms with E-state index in [0.29, 0.717) is 11.1 Å². The Labute approximate surface area is 156 Å². The summed E-state index contributed by atoms with van der Waals surface area (Å²) in [5, 5.41) is 22.7. The predicted octanol–water partition coefficient (Wildman–Crippen LogP) is 2.22. The van der Waals surface area contributed by atoms with Crippen LogP contribution in [0.3, 0.4) is 0 Å². The largest absolute Gasteiger partial charge is 0.510 e. The van der Waals surface area contributed by atoms with Crippen molar-refractivity contribution >= 4 is 41.4 Å². The third-order valence-electron chi connectivity index (χ3n) is 3.53. The minimum atomic E-state index is -1.11. The molecule has 3 aromatic rings. The molecular formula is C16H12Cl2FN3O4. The van der Waals surface area contributed by atoms with E-state index in [1.54, 1.807) is 0 Å². The lowest BCUT2D eigenvalue weighted by Crippen LogP contribution is -2.34. The fraction of sp³-hybridized carbons (Fsp3) is 0.125. The number of halogens is 3. The highest BCUT2D eigenvalue weighted by molar-refractivity contribution is 6.30. The van der Waals surface area contributed by atoms with E-state index in [0.717, 1.165) is 10.6 Å². The number of hydrogen-bond donors (Lipinski definition) is 2. The van der Waals surface area contributed by atoms with Gasteiger partial charge in [0.25, 0.3) is 0 Å². The molecule has 26 heavy (non-hydrogen) atoms. The molecular weight excluding hydrogens is 388 g/mol. The molecule has 0 saturated heterocycles. The molecule has 2 aromatic heterocycles. The summed E-state index contributed by atoms with van der Waals surface area (Å²) in [6.45, 7) is 0. The van der Waals surface area contributed by atoms with Gasteiger partial charge in [0.05, 0.1) is 6.42 Å². The van der Waals surface area contributed by atoms with Crippen molar-refractivity contribution in [1.82, 2.24) is 14.6 Å². The summed E-state index contributed by atoms with van der Waals surface area (Å²) >= 11 is 5.86. The van der Waals surface area contributed by atoms with Crippen molar-refractivity contribution in [2.45, 2.75) is 12.8 Å². The monoisotopic (exact) mass is 399 g/mol. The van der Waals surface area contributed by atoms with Gasteiger partial charge in [-0.1, -0.05) is 11.6 Å². The van der Waals surface area contributed by atoms with Crippen LogP contribution in [-0.4, -0.2) is 30.8 Å². The topological polar surface area (TPSA) is 105 Å². The summed E-state index contributed by atoms with van der Waals surface area (Å²) in [5.74, 6) is -2.10. The molecule has 2 N–H and O–H groups in total. The van der Waals surface area contributed by atoms with Crippen LogP contribution in [0, 0.1) is 5.82 Å². The van der Waals surface area contributed by atoms with E-state index in [1.165, 1.54) is 24.5 Å². The maximum atomic E-state index is 13.6. The number of aliphatic hydroxyl groups excluding tert-OH is 1. The number of aromatic nitrogens is 3. The zero-order valence-corrected chi connectivity index (χ0v) is 14.6. The predicted molar refractivity (Wildman–Crippen MR) is 95.0 cm³/mol. The number of nitrogens with zero attached hydrogens (tertiary/aromatic N) is 3. The van der Waals surface area contributed by atoms with Crippen molar-refractivity contribution in [2.24, 2.45) is 0 Å². The first kappa shape index (κ1) is 19.6. The van der Waals surface area contributed by atoms with Crippen molar-refractivity contribution in [3.63, 3.8) is 0 Å². The number of carbonyl (C=O) groups is 1. The van der Waals surface area contributed by atoms with Gasteiger partial charge in [-0.2, -0.15) is 5.10 Å². The van der Waals surface area contributed by atoms with Crippen LogP contribution in [-0.2, 0) is 4.79 Å². The summed E-state index contributed by atoms with van der Waals surface area (Å²) in [6.07, 6.45) is 0.598. The number of fused-ring (bicyclic) bond motifs is 1. The summed E-state index contributed by atoms with van der Waals surface area (Å²) in [5.41, 5.74) is 0.227. The maximum absolute atomic E-state index is 13.6. The molecule has 7 nitrogen and oxygen atoms in total. The van der Waals surface area contributed by atoms with Gasteiger partial charge in [0.2, 0.25) is 5.43 Å². The molecule has 0 unspecified atom stereocenters. The van der Waals surface area contributed by atoms with Gasteiger partial charge in [-0.3, -0.25) is 9.59 Å². The normalized spacial score (nSPS) is 11.9. The standard InChI is InChI=1S/C16H11ClFN3O4.ClH/c17-9-3-8(4-10(18)5-9)11-6-13(23)15(12(22)1-2-14(24)25)21-16(11)19-7-20-21;/h3-7,22H,1-2H2,(H,24,25);1H. The Morgan fingerprint density at radius 3 is 2.58 bits per heavy atom. The third-order valence-corrected chi connectivity index (χ3v) is 3.75. The van der Waals surface area contributed by atoms with Gasteiger partial charge < -0.3 is 10.2 Å². The van der Waals surface area contributed by atoms with Crippen LogP contribution in [0.5, 0.6) is 0 Å². The van der Waals surface area contributed by atoms with Gasteiger partial charge in [0.15, 0.2) is 11.0 Å². The van der Waals surface area contributed by atoms with Gasteiger partial charge in [-0.15, -0.1) is 12.4 Å². The number of aliphatic carboxylic acids is 1. The molecule has 0 aliphatic carbocycles. The highest BCUT2D eigenvalue weighted by Crippen LogP contribution is 2.25. The van der Waals surface area contributed by atoms with Gasteiger partial charge >= 0.3 is 5.97 Å². The third kappa shape index (κ3) is 3.76. The lowest BCUT2D eigenvalue weighted by molar-refractivity contribution is -0.136. The molecule has 1 aromatic carbocycles. The second kappa shape index (κ2) is 7.67. The van der Waals surface area contributed by atoms with E-state index in [4.69, 9.17) is 16.7 Å². The average Bonchev–Trinajstić information content (AvgIpc) is 2.99. The molecule has 10 heteroatoms. The highest BCUT2D eigenvalue weighted by atomic mass is 35.5. The Bertz CT molecular complexity index is 1080. The van der Waals surface area contributed by atoms with Gasteiger partial charge in [0.1, 0.15) is 17.9 Å². The van der Waals surface area contributed by atoms with Crippen molar-refractivity contribution in [2.75, 3.05) is 0 Å². The van der Waals surface area contributed by atoms with Crippen molar-refractivity contribution in [3.05, 3.63) is 57.0 Å². The van der Waals surface area contributed by atoms with Gasteiger partial charge in [0, 0.05) is 17.0 Å². The van der Waals surface area contributed by atoms with Crippen molar-refractivity contribution < 1.29 is 19.4 Å². The summed E-state index contributed by atoms with van der Waals surface area (Å²) in [4.78, 5) is 27.1. The van der Waals surface area contributed by atoms with Gasteiger partial charge in [-0.05, 0) is 29.8 Å². The van der Waals surface area contributed by atoms with E-state index in [9.17, 15) is 19.1 Å². The zero-order chi connectivity index (χ0) is 18.1. The van der Waals surface area contributed by atoms with E-state index in [2.05, 4.69) is 10.1 Å². The number of carboxylic acid groups (broad SMARTS) is 1. The fourth-order valence-electron chi connectivity index (χ4n) is 2.49. The fourth-order valence-corrected chi connectivity index (χ4v) is 2.71. The first-order valence-corrected chi connectivity index (χ1v) is 7.52. The molecule has 0 aliphatic rings. The van der Waals surface area contributed by atoms with E-state index >= 15 is 0 Å². The van der Waals surface area contributed by atoms with E-state index < -0.39 is 23.0 Å². The first-order chi connectivity index (χ1) is 11.9. The molecule has 2 heterocycles. The molecule has 0 atom stereocenters. The number of pyridine rings is 1. The van der Waals surface area contributed by atoms with Crippen molar-refractivity contribution in [1.29, 1.82) is 0 Å². The molecule has 0 amide bonds. The minimum absolute atomic E-state index is 0. The maximum Gasteiger partial charge on any atom is 0.303 e. The molecule has 0 saturated carbocycles. The average molecular weight is 400 g/mol. The Morgan fingerprint density at radius 2 is 1.92 bits per heavy atom. The summed E-state index contributed by atoms with van der Waals surface area (Å²) < 4.78 is 14.7. The smallest absolute Gasteiger partial charge is 0.303 e. The quantitative estimate of drug-likeness (QED) is 0.696. The molecule has 136 valence electrons. The molecule has 0 fully saturated rings. The number of hydrogen-bond acceptors (Lipinski definition) is 5. The van der Waals surface area contributed by atoms with Crippen LogP contribution < -0.4 is 10.8 Å². The van der Waals surface area contributed by atoms with E-state index in [1.807, 2.05) is 0 Å². The molecule has 0 aliphatic heterocycles. The van der Waals surface area contributed by atoms with E-state index in [-0.39, 0.29) is 41.3 Å². The molecule has 0 radical (unpaired) electrons. The summed E-state index contributed by atoms with van der Waals surface area (Å²) in [7, 11) is 0. The highest BCUT2D eigenvalue weighted by Gasteiger charge is 2.14. The van der Waals surface area contributed by atoms with Crippen LogP contribution in [0.25, 0.3) is 22.5 Å². The second-order valence-electron chi connectivity index (χ2n) is 5.26. The lowest BCUT2D eigenvalue weighted by Gasteiger charge is -2.06. The second-order valence-corrected chi connectivity index (χ2v) is 5.70. The number of aliphatic hydroxyl groups is 1. The number of rotatable bonds is 4. The molecule has 3 rings (SSSR count). The van der Waals surface area contributed by atoms with Crippen LogP contribution >= 0.6 is 24.0 Å². The number of benzene rings is 1. The minimum Gasteiger partial charge on any atom is -0.510 e.